The molecule has 4 heteroatoms. The first kappa shape index (κ1) is 19.9. The molecule has 0 aromatic heterocycles. The van der Waals surface area contributed by atoms with Crippen molar-refractivity contribution in [2.75, 3.05) is 13.1 Å². The highest BCUT2D eigenvalue weighted by molar-refractivity contribution is 6.11. The number of unbranched alkanes of at least 4 members (excludes halogenated alkanes) is 3. The van der Waals surface area contributed by atoms with Gasteiger partial charge in [-0.25, -0.2) is 0 Å². The maximum absolute atomic E-state index is 13.1. The smallest absolute Gasteiger partial charge is 0.260 e. The number of carbonyl (C=O) groups is 2. The number of amides is 2. The normalized spacial score (nSPS) is 10.6. The molecular formula is C22H28N2O2. The Kier molecular flexibility index (Phi) is 7.54. The topological polar surface area (TPSA) is 63.4 Å². The first-order valence-electron chi connectivity index (χ1n) is 9.23. The van der Waals surface area contributed by atoms with Gasteiger partial charge < -0.3 is 5.73 Å². The van der Waals surface area contributed by atoms with E-state index in [4.69, 9.17) is 5.73 Å². The molecule has 0 saturated carbocycles. The molecule has 0 bridgehead atoms. The Morgan fingerprint density at radius 3 is 1.69 bits per heavy atom. The van der Waals surface area contributed by atoms with Crippen molar-refractivity contribution in [3.05, 3.63) is 70.8 Å². The summed E-state index contributed by atoms with van der Waals surface area (Å²) in [6.45, 7) is 4.88. The zero-order chi connectivity index (χ0) is 18.9. The van der Waals surface area contributed by atoms with E-state index in [9.17, 15) is 9.59 Å². The van der Waals surface area contributed by atoms with Crippen LogP contribution < -0.4 is 5.73 Å². The predicted octanol–water partition coefficient (Wildman–Crippen LogP) is 4.11. The van der Waals surface area contributed by atoms with Crippen molar-refractivity contribution in [3.8, 4) is 0 Å². The van der Waals surface area contributed by atoms with Crippen molar-refractivity contribution in [2.24, 2.45) is 5.73 Å². The average molecular weight is 352 g/mol. The molecule has 4 nitrogen and oxygen atoms in total. The van der Waals surface area contributed by atoms with Crippen LogP contribution in [0, 0.1) is 13.8 Å². The van der Waals surface area contributed by atoms with Gasteiger partial charge in [0.15, 0.2) is 0 Å². The molecule has 138 valence electrons. The fourth-order valence-corrected chi connectivity index (χ4v) is 2.98. The highest BCUT2D eigenvalue weighted by Gasteiger charge is 2.25. The zero-order valence-electron chi connectivity index (χ0n) is 15.7. The van der Waals surface area contributed by atoms with Crippen molar-refractivity contribution in [1.29, 1.82) is 0 Å². The van der Waals surface area contributed by atoms with E-state index < -0.39 is 0 Å². The minimum atomic E-state index is -0.227. The second-order valence-electron chi connectivity index (χ2n) is 6.59. The number of aryl methyl sites for hydroxylation is 2. The standard InChI is InChI=1S/C22H28N2O2/c1-17-11-5-7-13-19(17)21(25)24(16-10-4-3-9-15-23)22(26)20-14-8-6-12-18(20)2/h5-8,11-14H,3-4,9-10,15-16,23H2,1-2H3. The third-order valence-electron chi connectivity index (χ3n) is 4.58. The van der Waals surface area contributed by atoms with Gasteiger partial charge >= 0.3 is 0 Å². The Morgan fingerprint density at radius 1 is 0.769 bits per heavy atom. The van der Waals surface area contributed by atoms with Crippen LogP contribution in [0.25, 0.3) is 0 Å². The molecule has 2 aromatic rings. The number of benzene rings is 2. The molecule has 0 heterocycles. The van der Waals surface area contributed by atoms with E-state index in [1.807, 2.05) is 50.2 Å². The van der Waals surface area contributed by atoms with Crippen LogP contribution >= 0.6 is 0 Å². The van der Waals surface area contributed by atoms with Gasteiger partial charge in [0, 0.05) is 17.7 Å². The Morgan fingerprint density at radius 2 is 1.23 bits per heavy atom. The van der Waals surface area contributed by atoms with Gasteiger partial charge in [-0.1, -0.05) is 49.2 Å². The summed E-state index contributed by atoms with van der Waals surface area (Å²) in [5, 5.41) is 0. The molecule has 2 aromatic carbocycles. The summed E-state index contributed by atoms with van der Waals surface area (Å²) in [7, 11) is 0. The van der Waals surface area contributed by atoms with E-state index in [1.165, 1.54) is 4.90 Å². The van der Waals surface area contributed by atoms with E-state index >= 15 is 0 Å². The first-order chi connectivity index (χ1) is 12.6. The van der Waals surface area contributed by atoms with Gasteiger partial charge in [0.1, 0.15) is 0 Å². The van der Waals surface area contributed by atoms with Crippen LogP contribution in [0.3, 0.4) is 0 Å². The van der Waals surface area contributed by atoms with Crippen molar-refractivity contribution in [3.63, 3.8) is 0 Å². The summed E-state index contributed by atoms with van der Waals surface area (Å²) in [5.41, 5.74) is 8.45. The molecule has 0 fully saturated rings. The van der Waals surface area contributed by atoms with Crippen molar-refractivity contribution in [2.45, 2.75) is 39.5 Å². The molecule has 0 saturated heterocycles. The number of carbonyl (C=O) groups excluding carboxylic acids is 2. The number of nitrogens with zero attached hydrogens (tertiary/aromatic N) is 1. The lowest BCUT2D eigenvalue weighted by atomic mass is 10.0. The SMILES string of the molecule is Cc1ccccc1C(=O)N(CCCCCCN)C(=O)c1ccccc1C. The van der Waals surface area contributed by atoms with Crippen LogP contribution in [0.4, 0.5) is 0 Å². The molecule has 0 aliphatic carbocycles. The van der Waals surface area contributed by atoms with Crippen LogP contribution in [0.15, 0.2) is 48.5 Å². The molecular weight excluding hydrogens is 324 g/mol. The summed E-state index contributed by atoms with van der Waals surface area (Å²) >= 11 is 0. The van der Waals surface area contributed by atoms with Gasteiger partial charge in [-0.15, -0.1) is 0 Å². The number of nitrogens with two attached hydrogens (primary N) is 1. The van der Waals surface area contributed by atoms with Crippen LogP contribution in [0.1, 0.15) is 57.5 Å². The van der Waals surface area contributed by atoms with E-state index in [0.29, 0.717) is 24.2 Å². The van der Waals surface area contributed by atoms with Crippen molar-refractivity contribution in [1.82, 2.24) is 4.90 Å². The summed E-state index contributed by atoms with van der Waals surface area (Å²) in [6, 6.07) is 14.8. The quantitative estimate of drug-likeness (QED) is 0.574. The molecule has 0 radical (unpaired) electrons. The Bertz CT molecular complexity index is 698. The highest BCUT2D eigenvalue weighted by Crippen LogP contribution is 2.17. The maximum Gasteiger partial charge on any atom is 0.260 e. The minimum Gasteiger partial charge on any atom is -0.330 e. The fourth-order valence-electron chi connectivity index (χ4n) is 2.98. The van der Waals surface area contributed by atoms with Gasteiger partial charge in [0.05, 0.1) is 0 Å². The van der Waals surface area contributed by atoms with Crippen LogP contribution in [0.2, 0.25) is 0 Å². The third-order valence-corrected chi connectivity index (χ3v) is 4.58. The molecule has 0 unspecified atom stereocenters. The first-order valence-corrected chi connectivity index (χ1v) is 9.23. The molecule has 2 rings (SSSR count). The van der Waals surface area contributed by atoms with Crippen molar-refractivity contribution < 1.29 is 9.59 Å². The van der Waals surface area contributed by atoms with Crippen LogP contribution in [0.5, 0.6) is 0 Å². The maximum atomic E-state index is 13.1. The molecule has 0 atom stereocenters. The molecule has 26 heavy (non-hydrogen) atoms. The summed E-state index contributed by atoms with van der Waals surface area (Å²) < 4.78 is 0. The Hall–Kier alpha value is -2.46. The second-order valence-corrected chi connectivity index (χ2v) is 6.59. The highest BCUT2D eigenvalue weighted by atomic mass is 16.2. The van der Waals surface area contributed by atoms with Gasteiger partial charge in [-0.2, -0.15) is 0 Å². The van der Waals surface area contributed by atoms with E-state index in [2.05, 4.69) is 0 Å². The van der Waals surface area contributed by atoms with Crippen molar-refractivity contribution >= 4 is 11.8 Å². The van der Waals surface area contributed by atoms with Gasteiger partial charge in [-0.05, 0) is 56.5 Å². The van der Waals surface area contributed by atoms with Crippen LogP contribution in [-0.2, 0) is 0 Å². The largest absolute Gasteiger partial charge is 0.330 e. The molecule has 0 aliphatic heterocycles. The van der Waals surface area contributed by atoms with Gasteiger partial charge in [0.25, 0.3) is 11.8 Å². The summed E-state index contributed by atoms with van der Waals surface area (Å²) in [4.78, 5) is 27.6. The predicted molar refractivity (Wildman–Crippen MR) is 105 cm³/mol. The Balaban J connectivity index is 2.24. The van der Waals surface area contributed by atoms with Gasteiger partial charge in [-0.3, -0.25) is 14.5 Å². The third kappa shape index (κ3) is 5.02. The number of imide groups is 1. The lowest BCUT2D eigenvalue weighted by Crippen LogP contribution is -2.38. The van der Waals surface area contributed by atoms with Gasteiger partial charge in [0.2, 0.25) is 0 Å². The number of rotatable bonds is 8. The second kappa shape index (κ2) is 9.88. The lowest BCUT2D eigenvalue weighted by Gasteiger charge is -2.22. The summed E-state index contributed by atoms with van der Waals surface area (Å²) in [6.07, 6.45) is 3.73. The molecule has 2 amide bonds. The molecule has 0 aliphatic rings. The molecule has 2 N–H and O–H groups in total. The minimum absolute atomic E-state index is 0.227. The monoisotopic (exact) mass is 352 g/mol. The Labute approximate surface area is 156 Å². The van der Waals surface area contributed by atoms with Crippen LogP contribution in [-0.4, -0.2) is 29.8 Å². The summed E-state index contributed by atoms with van der Waals surface area (Å²) in [5.74, 6) is -0.453. The lowest BCUT2D eigenvalue weighted by molar-refractivity contribution is 0.0612. The van der Waals surface area contributed by atoms with E-state index in [-0.39, 0.29) is 11.8 Å². The average Bonchev–Trinajstić information content (AvgIpc) is 2.64. The zero-order valence-corrected chi connectivity index (χ0v) is 15.7. The number of hydrogen-bond acceptors (Lipinski definition) is 3. The van der Waals surface area contributed by atoms with E-state index in [1.54, 1.807) is 12.1 Å². The number of hydrogen-bond donors (Lipinski definition) is 1. The fraction of sp³-hybridized carbons (Fsp3) is 0.364. The molecule has 0 spiro atoms. The van der Waals surface area contributed by atoms with E-state index in [0.717, 1.165) is 36.8 Å².